The number of fused-ring (bicyclic) bond motifs is 10. The Bertz CT molecular complexity index is 3280. The molecule has 62 heavy (non-hydrogen) atoms. The van der Waals surface area contributed by atoms with E-state index in [2.05, 4.69) is 190 Å². The predicted molar refractivity (Wildman–Crippen MR) is 254 cm³/mol. The van der Waals surface area contributed by atoms with Crippen molar-refractivity contribution in [1.29, 1.82) is 0 Å². The fourth-order valence-corrected chi connectivity index (χ4v) is 10.6. The molecule has 3 heteroatoms. The molecule has 0 N–H and O–H groups in total. The van der Waals surface area contributed by atoms with Crippen molar-refractivity contribution in [2.45, 2.75) is 24.7 Å². The highest BCUT2D eigenvalue weighted by Gasteiger charge is 2.53. The van der Waals surface area contributed by atoms with Gasteiger partial charge in [-0.15, -0.1) is 0 Å². The molecule has 0 radical (unpaired) electrons. The first-order valence-corrected chi connectivity index (χ1v) is 21.4. The van der Waals surface area contributed by atoms with Gasteiger partial charge in [-0.1, -0.05) is 214 Å². The average molecular weight is 792 g/mol. The number of benzene rings is 9. The van der Waals surface area contributed by atoms with Crippen LogP contribution in [0.25, 0.3) is 78.3 Å². The molecular weight excluding hydrogens is 751 g/mol. The fraction of sp³-hybridized carbons (Fsp3) is 0.0678. The van der Waals surface area contributed by atoms with Crippen molar-refractivity contribution in [3.8, 4) is 67.5 Å². The molecule has 12 rings (SSSR count). The summed E-state index contributed by atoms with van der Waals surface area (Å²) < 4.78 is 0. The van der Waals surface area contributed by atoms with Gasteiger partial charge in [-0.25, -0.2) is 15.0 Å². The Morgan fingerprint density at radius 1 is 0.306 bits per heavy atom. The third-order valence-corrected chi connectivity index (χ3v) is 13.4. The summed E-state index contributed by atoms with van der Waals surface area (Å²) in [5.41, 5.74) is 17.6. The van der Waals surface area contributed by atoms with Gasteiger partial charge < -0.3 is 0 Å². The number of aromatic nitrogens is 3. The van der Waals surface area contributed by atoms with Crippen LogP contribution < -0.4 is 0 Å². The van der Waals surface area contributed by atoms with Crippen molar-refractivity contribution >= 4 is 10.8 Å². The molecule has 0 aliphatic heterocycles. The van der Waals surface area contributed by atoms with Crippen LogP contribution in [0.1, 0.15) is 47.2 Å². The molecule has 1 spiro atoms. The lowest BCUT2D eigenvalue weighted by Gasteiger charge is -2.46. The molecule has 0 fully saturated rings. The topological polar surface area (TPSA) is 38.7 Å². The maximum atomic E-state index is 5.09. The highest BCUT2D eigenvalue weighted by Crippen LogP contribution is 2.62. The quantitative estimate of drug-likeness (QED) is 0.174. The van der Waals surface area contributed by atoms with E-state index in [1.54, 1.807) is 0 Å². The Hall–Kier alpha value is -7.75. The zero-order valence-corrected chi connectivity index (χ0v) is 34.5. The van der Waals surface area contributed by atoms with E-state index in [-0.39, 0.29) is 5.41 Å². The summed E-state index contributed by atoms with van der Waals surface area (Å²) >= 11 is 0. The SMILES string of the molecule is CC1(C)c2ccccc2C2(c3ccccc3-c3cc(-c4c(-c5cccc(-c6nc(-c7ccccc7)nc(-c7ccccc7)n6)c5)ccc5ccccc45)ccc32)c2ccccc21. The van der Waals surface area contributed by atoms with Gasteiger partial charge in [0, 0.05) is 22.1 Å². The minimum absolute atomic E-state index is 0.143. The van der Waals surface area contributed by atoms with Crippen LogP contribution in [0.5, 0.6) is 0 Å². The number of hydrogen-bond donors (Lipinski definition) is 0. The van der Waals surface area contributed by atoms with Gasteiger partial charge in [0.05, 0.1) is 5.41 Å². The summed E-state index contributed by atoms with van der Waals surface area (Å²) in [4.78, 5) is 15.1. The Morgan fingerprint density at radius 3 is 1.47 bits per heavy atom. The lowest BCUT2D eigenvalue weighted by molar-refractivity contribution is 0.563. The molecule has 292 valence electrons. The Morgan fingerprint density at radius 2 is 0.806 bits per heavy atom. The van der Waals surface area contributed by atoms with Gasteiger partial charge in [-0.3, -0.25) is 0 Å². The van der Waals surface area contributed by atoms with E-state index < -0.39 is 5.41 Å². The molecule has 0 saturated heterocycles. The van der Waals surface area contributed by atoms with E-state index >= 15 is 0 Å². The molecular formula is C59H41N3. The zero-order valence-electron chi connectivity index (χ0n) is 34.5. The second-order valence-electron chi connectivity index (χ2n) is 17.1. The van der Waals surface area contributed by atoms with Gasteiger partial charge in [0.15, 0.2) is 17.5 Å². The summed E-state index contributed by atoms with van der Waals surface area (Å²) in [6.45, 7) is 4.76. The van der Waals surface area contributed by atoms with E-state index in [0.29, 0.717) is 17.5 Å². The van der Waals surface area contributed by atoms with Crippen molar-refractivity contribution in [3.63, 3.8) is 0 Å². The number of rotatable bonds is 5. The minimum Gasteiger partial charge on any atom is -0.208 e. The average Bonchev–Trinajstić information content (AvgIpc) is 3.63. The highest BCUT2D eigenvalue weighted by atomic mass is 15.0. The van der Waals surface area contributed by atoms with E-state index in [9.17, 15) is 0 Å². The van der Waals surface area contributed by atoms with Crippen LogP contribution in [0.2, 0.25) is 0 Å². The van der Waals surface area contributed by atoms with Crippen LogP contribution >= 0.6 is 0 Å². The molecule has 0 unspecified atom stereocenters. The highest BCUT2D eigenvalue weighted by molar-refractivity contribution is 6.05. The zero-order chi connectivity index (χ0) is 41.4. The van der Waals surface area contributed by atoms with Gasteiger partial charge in [-0.2, -0.15) is 0 Å². The molecule has 2 aliphatic rings. The van der Waals surface area contributed by atoms with Crippen LogP contribution in [0.4, 0.5) is 0 Å². The van der Waals surface area contributed by atoms with Crippen molar-refractivity contribution in [1.82, 2.24) is 15.0 Å². The molecule has 3 nitrogen and oxygen atoms in total. The van der Waals surface area contributed by atoms with Gasteiger partial charge in [0.1, 0.15) is 0 Å². The lowest BCUT2D eigenvalue weighted by atomic mass is 9.55. The van der Waals surface area contributed by atoms with Gasteiger partial charge in [0.2, 0.25) is 0 Å². The van der Waals surface area contributed by atoms with Crippen molar-refractivity contribution in [2.24, 2.45) is 0 Å². The second-order valence-corrected chi connectivity index (χ2v) is 17.1. The first-order valence-electron chi connectivity index (χ1n) is 21.4. The standard InChI is InChI=1S/C59H41N3/c1-58(2)50-28-13-15-30-52(50)59(53-31-16-14-29-51(53)58)48-27-12-11-26-46(48)47-37-42(33-35-49(47)59)54-44-25-10-9-18-38(44)32-34-45(54)41-23-17-24-43(36-41)57-61-55(39-19-5-3-6-20-39)60-56(62-57)40-21-7-4-8-22-40/h3-37H,1-2H3. The van der Waals surface area contributed by atoms with E-state index in [1.165, 1.54) is 66.4 Å². The summed E-state index contributed by atoms with van der Waals surface area (Å²) in [5.74, 6) is 1.93. The molecule has 0 saturated carbocycles. The van der Waals surface area contributed by atoms with Crippen molar-refractivity contribution in [2.75, 3.05) is 0 Å². The smallest absolute Gasteiger partial charge is 0.164 e. The largest absolute Gasteiger partial charge is 0.208 e. The van der Waals surface area contributed by atoms with E-state index in [0.717, 1.165) is 27.8 Å². The maximum absolute atomic E-state index is 5.09. The number of hydrogen-bond acceptors (Lipinski definition) is 3. The van der Waals surface area contributed by atoms with Crippen LogP contribution in [0.15, 0.2) is 212 Å². The summed E-state index contributed by atoms with van der Waals surface area (Å²) in [5, 5.41) is 2.42. The summed E-state index contributed by atoms with van der Waals surface area (Å²) in [6, 6.07) is 77.0. The fourth-order valence-electron chi connectivity index (χ4n) is 10.6. The molecule has 0 atom stereocenters. The summed E-state index contributed by atoms with van der Waals surface area (Å²) in [7, 11) is 0. The van der Waals surface area contributed by atoms with Crippen molar-refractivity contribution < 1.29 is 0 Å². The van der Waals surface area contributed by atoms with Crippen LogP contribution in [-0.2, 0) is 10.8 Å². The first-order chi connectivity index (χ1) is 30.5. The number of nitrogens with zero attached hydrogens (tertiary/aromatic N) is 3. The lowest BCUT2D eigenvalue weighted by Crippen LogP contribution is -2.40. The Balaban J connectivity index is 1.06. The predicted octanol–water partition coefficient (Wildman–Crippen LogP) is 14.4. The molecule has 1 heterocycles. The third-order valence-electron chi connectivity index (χ3n) is 13.4. The van der Waals surface area contributed by atoms with Crippen molar-refractivity contribution in [3.05, 3.63) is 246 Å². The normalized spacial score (nSPS) is 13.9. The van der Waals surface area contributed by atoms with Gasteiger partial charge in [0.25, 0.3) is 0 Å². The monoisotopic (exact) mass is 791 g/mol. The Kier molecular flexibility index (Phi) is 8.10. The van der Waals surface area contributed by atoms with E-state index in [1.807, 2.05) is 36.4 Å². The van der Waals surface area contributed by atoms with Crippen LogP contribution in [0.3, 0.4) is 0 Å². The molecule has 9 aromatic carbocycles. The van der Waals surface area contributed by atoms with Crippen LogP contribution in [0, 0.1) is 0 Å². The minimum atomic E-state index is -0.440. The third kappa shape index (κ3) is 5.34. The van der Waals surface area contributed by atoms with Gasteiger partial charge in [-0.05, 0) is 89.7 Å². The molecule has 0 bridgehead atoms. The van der Waals surface area contributed by atoms with Crippen LogP contribution in [-0.4, -0.2) is 15.0 Å². The molecule has 10 aromatic rings. The Labute approximate surface area is 362 Å². The molecule has 1 aromatic heterocycles. The van der Waals surface area contributed by atoms with E-state index in [4.69, 9.17) is 15.0 Å². The second kappa shape index (κ2) is 13.9. The first kappa shape index (κ1) is 36.1. The molecule has 2 aliphatic carbocycles. The maximum Gasteiger partial charge on any atom is 0.164 e. The summed E-state index contributed by atoms with van der Waals surface area (Å²) in [6.07, 6.45) is 0. The molecule has 0 amide bonds. The van der Waals surface area contributed by atoms with Gasteiger partial charge >= 0.3 is 0 Å².